The Morgan fingerprint density at radius 3 is 2.37 bits per heavy atom. The van der Waals surface area contributed by atoms with Crippen molar-refractivity contribution < 1.29 is 9.59 Å². The summed E-state index contributed by atoms with van der Waals surface area (Å²) in [5.74, 6) is -0.503. The zero-order valence-corrected chi connectivity index (χ0v) is 11.7. The quantitative estimate of drug-likeness (QED) is 0.876. The predicted molar refractivity (Wildman–Crippen MR) is 73.2 cm³/mol. The summed E-state index contributed by atoms with van der Waals surface area (Å²) in [6.07, 6.45) is 1.48. The van der Waals surface area contributed by atoms with Crippen molar-refractivity contribution >= 4 is 17.5 Å². The molecule has 104 valence electrons. The first-order valence-corrected chi connectivity index (χ1v) is 6.18. The van der Waals surface area contributed by atoms with Gasteiger partial charge in [-0.15, -0.1) is 0 Å². The number of rotatable bonds is 4. The molecular formula is C13H19N3O3. The van der Waals surface area contributed by atoms with Gasteiger partial charge >= 0.3 is 0 Å². The van der Waals surface area contributed by atoms with Crippen LogP contribution in [0.4, 0.5) is 5.69 Å². The van der Waals surface area contributed by atoms with Gasteiger partial charge in [0.1, 0.15) is 5.69 Å². The van der Waals surface area contributed by atoms with Crippen molar-refractivity contribution in [2.24, 2.45) is 7.05 Å². The van der Waals surface area contributed by atoms with E-state index in [1.807, 2.05) is 13.8 Å². The molecule has 0 aliphatic heterocycles. The average Bonchev–Trinajstić information content (AvgIpc) is 2.35. The van der Waals surface area contributed by atoms with E-state index >= 15 is 0 Å². The zero-order valence-electron chi connectivity index (χ0n) is 11.7. The predicted octanol–water partition coefficient (Wildman–Crippen LogP) is 0.826. The molecule has 2 amide bonds. The number of pyridine rings is 1. The minimum absolute atomic E-state index is 0.119. The molecule has 0 aliphatic rings. The Morgan fingerprint density at radius 1 is 1.32 bits per heavy atom. The maximum absolute atomic E-state index is 12.2. The van der Waals surface area contributed by atoms with E-state index < -0.39 is 0 Å². The lowest BCUT2D eigenvalue weighted by Crippen LogP contribution is -2.32. The summed E-state index contributed by atoms with van der Waals surface area (Å²) in [5.41, 5.74) is 0.161. The molecule has 1 aromatic rings. The van der Waals surface area contributed by atoms with E-state index in [4.69, 9.17) is 0 Å². The number of anilines is 1. The molecule has 1 aromatic heterocycles. The number of amides is 2. The first kappa shape index (κ1) is 14.9. The zero-order chi connectivity index (χ0) is 14.6. The van der Waals surface area contributed by atoms with E-state index in [0.717, 1.165) is 0 Å². The molecule has 6 nitrogen and oxygen atoms in total. The van der Waals surface area contributed by atoms with E-state index in [-0.39, 0.29) is 23.1 Å². The summed E-state index contributed by atoms with van der Waals surface area (Å²) in [6, 6.07) is 1.42. The molecule has 0 aromatic carbocycles. The SMILES string of the molecule is CCN(CC)C(=O)c1cc(NC(C)=O)c(=O)n(C)c1. The third kappa shape index (κ3) is 3.43. The smallest absolute Gasteiger partial charge is 0.274 e. The number of nitrogens with one attached hydrogen (secondary N) is 1. The van der Waals surface area contributed by atoms with Gasteiger partial charge in [0, 0.05) is 33.3 Å². The minimum Gasteiger partial charge on any atom is -0.339 e. The van der Waals surface area contributed by atoms with Gasteiger partial charge in [-0.3, -0.25) is 14.4 Å². The van der Waals surface area contributed by atoms with Crippen LogP contribution in [0, 0.1) is 0 Å². The van der Waals surface area contributed by atoms with E-state index in [1.54, 1.807) is 11.9 Å². The topological polar surface area (TPSA) is 71.4 Å². The molecule has 0 unspecified atom stereocenters. The fraction of sp³-hybridized carbons (Fsp3) is 0.462. The Morgan fingerprint density at radius 2 is 1.89 bits per heavy atom. The van der Waals surface area contributed by atoms with Crippen LogP contribution in [0.5, 0.6) is 0 Å². The van der Waals surface area contributed by atoms with Gasteiger partial charge < -0.3 is 14.8 Å². The molecular weight excluding hydrogens is 246 g/mol. The molecule has 6 heteroatoms. The maximum Gasteiger partial charge on any atom is 0.274 e. The van der Waals surface area contributed by atoms with Gasteiger partial charge in [0.2, 0.25) is 5.91 Å². The van der Waals surface area contributed by atoms with Crippen LogP contribution in [-0.2, 0) is 11.8 Å². The van der Waals surface area contributed by atoms with Crippen LogP contribution in [0.3, 0.4) is 0 Å². The van der Waals surface area contributed by atoms with E-state index in [2.05, 4.69) is 5.32 Å². The molecule has 0 fully saturated rings. The molecule has 0 aliphatic carbocycles. The minimum atomic E-state index is -0.343. The third-order valence-electron chi connectivity index (χ3n) is 2.79. The number of aromatic nitrogens is 1. The normalized spacial score (nSPS) is 10.1. The van der Waals surface area contributed by atoms with Crippen molar-refractivity contribution in [2.75, 3.05) is 18.4 Å². The highest BCUT2D eigenvalue weighted by Crippen LogP contribution is 2.08. The largest absolute Gasteiger partial charge is 0.339 e. The number of hydrogen-bond donors (Lipinski definition) is 1. The second-order valence-corrected chi connectivity index (χ2v) is 4.22. The van der Waals surface area contributed by atoms with Gasteiger partial charge in [-0.25, -0.2) is 0 Å². The van der Waals surface area contributed by atoms with Crippen molar-refractivity contribution in [1.82, 2.24) is 9.47 Å². The van der Waals surface area contributed by atoms with E-state index in [1.165, 1.54) is 23.8 Å². The highest BCUT2D eigenvalue weighted by atomic mass is 16.2. The Hall–Kier alpha value is -2.11. The lowest BCUT2D eigenvalue weighted by atomic mass is 10.2. The second kappa shape index (κ2) is 6.17. The number of carbonyl (C=O) groups is 2. The Labute approximate surface area is 112 Å². The molecule has 1 rings (SSSR count). The van der Waals surface area contributed by atoms with Crippen LogP contribution in [0.15, 0.2) is 17.1 Å². The Balaban J connectivity index is 3.23. The van der Waals surface area contributed by atoms with Crippen molar-refractivity contribution in [1.29, 1.82) is 0 Å². The molecule has 19 heavy (non-hydrogen) atoms. The van der Waals surface area contributed by atoms with Gasteiger partial charge in [-0.05, 0) is 19.9 Å². The van der Waals surface area contributed by atoms with Crippen molar-refractivity contribution in [3.8, 4) is 0 Å². The molecule has 1 N–H and O–H groups in total. The molecule has 0 spiro atoms. The monoisotopic (exact) mass is 265 g/mol. The van der Waals surface area contributed by atoms with Crippen molar-refractivity contribution in [2.45, 2.75) is 20.8 Å². The van der Waals surface area contributed by atoms with Gasteiger partial charge in [0.25, 0.3) is 11.5 Å². The van der Waals surface area contributed by atoms with Crippen LogP contribution in [0.1, 0.15) is 31.1 Å². The fourth-order valence-electron chi connectivity index (χ4n) is 1.80. The average molecular weight is 265 g/mol. The highest BCUT2D eigenvalue weighted by molar-refractivity contribution is 5.96. The molecule has 0 saturated heterocycles. The maximum atomic E-state index is 12.2. The fourth-order valence-corrected chi connectivity index (χ4v) is 1.80. The van der Waals surface area contributed by atoms with E-state index in [0.29, 0.717) is 18.7 Å². The molecule has 0 atom stereocenters. The lowest BCUT2D eigenvalue weighted by molar-refractivity contribution is -0.114. The van der Waals surface area contributed by atoms with Crippen molar-refractivity contribution in [3.05, 3.63) is 28.2 Å². The molecule has 0 bridgehead atoms. The number of hydrogen-bond acceptors (Lipinski definition) is 3. The summed E-state index contributed by atoms with van der Waals surface area (Å²) in [4.78, 5) is 36.7. The summed E-state index contributed by atoms with van der Waals surface area (Å²) in [5, 5.41) is 2.44. The van der Waals surface area contributed by atoms with Crippen molar-refractivity contribution in [3.63, 3.8) is 0 Å². The molecule has 0 saturated carbocycles. The van der Waals surface area contributed by atoms with Crippen LogP contribution in [0.25, 0.3) is 0 Å². The van der Waals surface area contributed by atoms with Crippen LogP contribution in [-0.4, -0.2) is 34.4 Å². The molecule has 0 radical (unpaired) electrons. The highest BCUT2D eigenvalue weighted by Gasteiger charge is 2.15. The Bertz CT molecular complexity index is 545. The number of carbonyl (C=O) groups excluding carboxylic acids is 2. The lowest BCUT2D eigenvalue weighted by Gasteiger charge is -2.19. The van der Waals surface area contributed by atoms with Gasteiger partial charge in [-0.2, -0.15) is 0 Å². The van der Waals surface area contributed by atoms with Gasteiger partial charge in [-0.1, -0.05) is 0 Å². The van der Waals surface area contributed by atoms with Crippen LogP contribution < -0.4 is 10.9 Å². The van der Waals surface area contributed by atoms with Crippen LogP contribution >= 0.6 is 0 Å². The Kier molecular flexibility index (Phi) is 4.86. The summed E-state index contributed by atoms with van der Waals surface area (Å²) in [7, 11) is 1.55. The number of nitrogens with zero attached hydrogens (tertiary/aromatic N) is 2. The summed E-state index contributed by atoms with van der Waals surface area (Å²) >= 11 is 0. The number of aryl methyl sites for hydroxylation is 1. The first-order valence-electron chi connectivity index (χ1n) is 6.18. The first-order chi connectivity index (χ1) is 8.90. The van der Waals surface area contributed by atoms with E-state index in [9.17, 15) is 14.4 Å². The third-order valence-corrected chi connectivity index (χ3v) is 2.79. The van der Waals surface area contributed by atoms with Gasteiger partial charge in [0.15, 0.2) is 0 Å². The van der Waals surface area contributed by atoms with Crippen LogP contribution in [0.2, 0.25) is 0 Å². The standard InChI is InChI=1S/C13H19N3O3/c1-5-16(6-2)12(18)10-7-11(14-9(3)17)13(19)15(4)8-10/h7-8H,5-6H2,1-4H3,(H,14,17). The summed E-state index contributed by atoms with van der Waals surface area (Å²) in [6.45, 7) is 6.27. The summed E-state index contributed by atoms with van der Waals surface area (Å²) < 4.78 is 1.29. The van der Waals surface area contributed by atoms with Gasteiger partial charge in [0.05, 0.1) is 5.56 Å². The second-order valence-electron chi connectivity index (χ2n) is 4.22. The molecule has 1 heterocycles.